The maximum Gasteiger partial charge on any atom is -0.0162 e. The van der Waals surface area contributed by atoms with Crippen LogP contribution in [0.3, 0.4) is 0 Å². The monoisotopic (exact) mass is 228 g/mol. The lowest BCUT2D eigenvalue weighted by molar-refractivity contribution is 0.312. The molecule has 1 aliphatic carbocycles. The average molecular weight is 228 g/mol. The molecule has 0 atom stereocenters. The summed E-state index contributed by atoms with van der Waals surface area (Å²) in [6, 6.07) is 9.15. The van der Waals surface area contributed by atoms with Gasteiger partial charge in [-0.3, -0.25) is 0 Å². The topological polar surface area (TPSA) is 0 Å². The third kappa shape index (κ3) is 3.46. The molecule has 2 rings (SSSR count). The van der Waals surface area contributed by atoms with E-state index in [0.717, 1.165) is 11.8 Å². The fraction of sp³-hybridized carbons (Fsp3) is 0.529. The quantitative estimate of drug-likeness (QED) is 0.619. The molecule has 0 N–H and O–H groups in total. The average Bonchev–Trinajstić information content (AvgIpc) is 2.38. The van der Waals surface area contributed by atoms with Crippen molar-refractivity contribution in [1.29, 1.82) is 0 Å². The van der Waals surface area contributed by atoms with Crippen molar-refractivity contribution >= 4 is 0 Å². The molecule has 0 spiro atoms. The van der Waals surface area contributed by atoms with E-state index < -0.39 is 0 Å². The standard InChI is InChI=1S/C17H24/c1-3-4-5-15-8-12-17(13-9-15)16-10-6-14(2)7-11-16/h3,6-7,10-11,15,17H,1,4-5,8-9,12-13H2,2H3. The summed E-state index contributed by atoms with van der Waals surface area (Å²) in [5.74, 6) is 1.77. The first-order chi connectivity index (χ1) is 8.29. The highest BCUT2D eigenvalue weighted by Crippen LogP contribution is 2.37. The summed E-state index contributed by atoms with van der Waals surface area (Å²) < 4.78 is 0. The Hall–Kier alpha value is -1.04. The zero-order valence-electron chi connectivity index (χ0n) is 11.0. The molecule has 1 aliphatic rings. The molecule has 0 radical (unpaired) electrons. The molecule has 0 heterocycles. The van der Waals surface area contributed by atoms with Crippen molar-refractivity contribution < 1.29 is 0 Å². The second kappa shape index (κ2) is 6.05. The van der Waals surface area contributed by atoms with E-state index in [0.29, 0.717) is 0 Å². The van der Waals surface area contributed by atoms with E-state index in [2.05, 4.69) is 43.8 Å². The van der Waals surface area contributed by atoms with Crippen LogP contribution in [0, 0.1) is 12.8 Å². The molecule has 17 heavy (non-hydrogen) atoms. The summed E-state index contributed by atoms with van der Waals surface area (Å²) in [6.07, 6.45) is 10.2. The Morgan fingerprint density at radius 3 is 2.35 bits per heavy atom. The third-order valence-corrected chi connectivity index (χ3v) is 4.17. The molecule has 92 valence electrons. The predicted octanol–water partition coefficient (Wildman–Crippen LogP) is 5.24. The van der Waals surface area contributed by atoms with Crippen LogP contribution in [0.5, 0.6) is 0 Å². The molecule has 1 aromatic rings. The van der Waals surface area contributed by atoms with Crippen LogP contribution in [-0.4, -0.2) is 0 Å². The van der Waals surface area contributed by atoms with Crippen molar-refractivity contribution in [1.82, 2.24) is 0 Å². The van der Waals surface area contributed by atoms with Crippen molar-refractivity contribution in [3.8, 4) is 0 Å². The van der Waals surface area contributed by atoms with E-state index in [4.69, 9.17) is 0 Å². The van der Waals surface area contributed by atoms with E-state index in [1.54, 1.807) is 5.56 Å². The SMILES string of the molecule is C=CCCC1CCC(c2ccc(C)cc2)CC1. The minimum atomic E-state index is 0.815. The predicted molar refractivity (Wildman–Crippen MR) is 75.3 cm³/mol. The van der Waals surface area contributed by atoms with Gasteiger partial charge in [0.25, 0.3) is 0 Å². The lowest BCUT2D eigenvalue weighted by Gasteiger charge is -2.28. The molecule has 0 nitrogen and oxygen atoms in total. The fourth-order valence-corrected chi connectivity index (χ4v) is 2.98. The van der Waals surface area contributed by atoms with Crippen molar-refractivity contribution in [2.24, 2.45) is 5.92 Å². The maximum atomic E-state index is 3.82. The second-order valence-corrected chi connectivity index (χ2v) is 5.49. The molecule has 0 amide bonds. The molecule has 0 aromatic heterocycles. The summed E-state index contributed by atoms with van der Waals surface area (Å²) in [6.45, 7) is 5.98. The van der Waals surface area contributed by atoms with E-state index >= 15 is 0 Å². The van der Waals surface area contributed by atoms with Crippen LogP contribution >= 0.6 is 0 Å². The van der Waals surface area contributed by atoms with Gasteiger partial charge in [0.1, 0.15) is 0 Å². The Labute approximate surface area is 106 Å². The number of benzene rings is 1. The van der Waals surface area contributed by atoms with Crippen LogP contribution in [0.4, 0.5) is 0 Å². The molecule has 1 fully saturated rings. The second-order valence-electron chi connectivity index (χ2n) is 5.49. The van der Waals surface area contributed by atoms with Gasteiger partial charge in [0, 0.05) is 0 Å². The molecule has 0 saturated heterocycles. The van der Waals surface area contributed by atoms with Crippen molar-refractivity contribution in [2.75, 3.05) is 0 Å². The van der Waals surface area contributed by atoms with Crippen LogP contribution < -0.4 is 0 Å². The van der Waals surface area contributed by atoms with Gasteiger partial charge in [-0.25, -0.2) is 0 Å². The molecular formula is C17H24. The smallest absolute Gasteiger partial charge is 0.0162 e. The Balaban J connectivity index is 1.86. The van der Waals surface area contributed by atoms with Crippen molar-refractivity contribution in [2.45, 2.75) is 51.4 Å². The highest BCUT2D eigenvalue weighted by Gasteiger charge is 2.21. The van der Waals surface area contributed by atoms with E-state index in [-0.39, 0.29) is 0 Å². The summed E-state index contributed by atoms with van der Waals surface area (Å²) in [5.41, 5.74) is 2.92. The van der Waals surface area contributed by atoms with Crippen LogP contribution in [0.1, 0.15) is 55.6 Å². The molecule has 0 heteroatoms. The number of hydrogen-bond acceptors (Lipinski definition) is 0. The van der Waals surface area contributed by atoms with Gasteiger partial charge in [-0.2, -0.15) is 0 Å². The minimum Gasteiger partial charge on any atom is -0.103 e. The van der Waals surface area contributed by atoms with Gasteiger partial charge >= 0.3 is 0 Å². The first kappa shape index (κ1) is 12.4. The highest BCUT2D eigenvalue weighted by atomic mass is 14.3. The normalized spacial score (nSPS) is 24.5. The maximum absolute atomic E-state index is 3.82. The zero-order chi connectivity index (χ0) is 12.1. The van der Waals surface area contributed by atoms with E-state index in [1.807, 2.05) is 0 Å². The zero-order valence-corrected chi connectivity index (χ0v) is 11.0. The fourth-order valence-electron chi connectivity index (χ4n) is 2.98. The van der Waals surface area contributed by atoms with Gasteiger partial charge in [0.2, 0.25) is 0 Å². The lowest BCUT2D eigenvalue weighted by atomic mass is 9.77. The molecular weight excluding hydrogens is 204 g/mol. The largest absolute Gasteiger partial charge is 0.103 e. The Morgan fingerprint density at radius 2 is 1.76 bits per heavy atom. The highest BCUT2D eigenvalue weighted by molar-refractivity contribution is 5.24. The lowest BCUT2D eigenvalue weighted by Crippen LogP contribution is -2.13. The summed E-state index contributed by atoms with van der Waals surface area (Å²) in [7, 11) is 0. The Bertz CT molecular complexity index is 339. The molecule has 0 bridgehead atoms. The molecule has 1 saturated carbocycles. The first-order valence-corrected chi connectivity index (χ1v) is 6.97. The van der Waals surface area contributed by atoms with Gasteiger partial charge in [-0.15, -0.1) is 6.58 Å². The molecule has 0 unspecified atom stereocenters. The summed E-state index contributed by atoms with van der Waals surface area (Å²) in [4.78, 5) is 0. The number of hydrogen-bond donors (Lipinski definition) is 0. The summed E-state index contributed by atoms with van der Waals surface area (Å²) in [5, 5.41) is 0. The van der Waals surface area contributed by atoms with Gasteiger partial charge in [0.05, 0.1) is 0 Å². The van der Waals surface area contributed by atoms with Gasteiger partial charge < -0.3 is 0 Å². The van der Waals surface area contributed by atoms with E-state index in [1.165, 1.54) is 44.1 Å². The number of allylic oxidation sites excluding steroid dienone is 1. The van der Waals surface area contributed by atoms with Gasteiger partial charge in [-0.05, 0) is 62.8 Å². The summed E-state index contributed by atoms with van der Waals surface area (Å²) >= 11 is 0. The molecule has 1 aromatic carbocycles. The number of aryl methyl sites for hydroxylation is 1. The Morgan fingerprint density at radius 1 is 1.12 bits per heavy atom. The first-order valence-electron chi connectivity index (χ1n) is 6.97. The van der Waals surface area contributed by atoms with Crippen LogP contribution in [0.2, 0.25) is 0 Å². The van der Waals surface area contributed by atoms with Crippen LogP contribution in [0.15, 0.2) is 36.9 Å². The molecule has 0 aliphatic heterocycles. The van der Waals surface area contributed by atoms with E-state index in [9.17, 15) is 0 Å². The van der Waals surface area contributed by atoms with Gasteiger partial charge in [-0.1, -0.05) is 35.9 Å². The van der Waals surface area contributed by atoms with Crippen LogP contribution in [0.25, 0.3) is 0 Å². The van der Waals surface area contributed by atoms with Crippen molar-refractivity contribution in [3.63, 3.8) is 0 Å². The van der Waals surface area contributed by atoms with Gasteiger partial charge in [0.15, 0.2) is 0 Å². The van der Waals surface area contributed by atoms with Crippen LogP contribution in [-0.2, 0) is 0 Å². The van der Waals surface area contributed by atoms with Crippen molar-refractivity contribution in [3.05, 3.63) is 48.0 Å². The third-order valence-electron chi connectivity index (χ3n) is 4.17. The Kier molecular flexibility index (Phi) is 4.42. The number of rotatable bonds is 4. The minimum absolute atomic E-state index is 0.815.